The second-order valence-electron chi connectivity index (χ2n) is 9.09. The molecular weight excluding hydrogens is 447 g/mol. The summed E-state index contributed by atoms with van der Waals surface area (Å²) in [5, 5.41) is 0. The molecule has 2 aromatic rings. The number of carbonyl (C=O) groups excluding carboxylic acids is 1. The van der Waals surface area contributed by atoms with Crippen LogP contribution in [0.15, 0.2) is 30.5 Å². The Morgan fingerprint density at radius 3 is 2.44 bits per heavy atom. The van der Waals surface area contributed by atoms with Gasteiger partial charge in [0.25, 0.3) is 5.91 Å². The number of hydrogen-bond donors (Lipinski definition) is 0. The zero-order valence-corrected chi connectivity index (χ0v) is 18.9. The number of para-hydroxylation sites is 1. The Morgan fingerprint density at radius 2 is 1.74 bits per heavy atom. The summed E-state index contributed by atoms with van der Waals surface area (Å²) >= 11 is 0. The van der Waals surface area contributed by atoms with E-state index in [1.807, 2.05) is 6.20 Å². The molecule has 1 saturated carbocycles. The third-order valence-electron chi connectivity index (χ3n) is 7.03. The predicted molar refractivity (Wildman–Crippen MR) is 120 cm³/mol. The lowest BCUT2D eigenvalue weighted by molar-refractivity contribution is -0.274. The fraction of sp³-hybridized carbons (Fsp3) is 0.542. The Kier molecular flexibility index (Phi) is 6.33. The van der Waals surface area contributed by atoms with Crippen molar-refractivity contribution in [1.29, 1.82) is 0 Å². The number of alkyl halides is 3. The highest BCUT2D eigenvalue weighted by atomic mass is 19.4. The first-order valence-electron chi connectivity index (χ1n) is 11.9. The van der Waals surface area contributed by atoms with Crippen molar-refractivity contribution in [2.24, 2.45) is 0 Å². The van der Waals surface area contributed by atoms with Crippen LogP contribution in [-0.2, 0) is 12.8 Å². The maximum absolute atomic E-state index is 13.1. The lowest BCUT2D eigenvalue weighted by atomic mass is 9.91. The fourth-order valence-electron chi connectivity index (χ4n) is 4.89. The van der Waals surface area contributed by atoms with Crippen LogP contribution in [0.2, 0.25) is 0 Å². The lowest BCUT2D eigenvalue weighted by Gasteiger charge is -2.43. The molecular formula is C24H28F3N5O2. The number of halogens is 3. The second-order valence-corrected chi connectivity index (χ2v) is 9.09. The van der Waals surface area contributed by atoms with Gasteiger partial charge in [-0.3, -0.25) is 9.69 Å². The molecule has 34 heavy (non-hydrogen) atoms. The number of fused-ring (bicyclic) bond motifs is 1. The number of rotatable bonds is 4. The maximum atomic E-state index is 13.1. The van der Waals surface area contributed by atoms with Crippen molar-refractivity contribution < 1.29 is 22.7 Å². The van der Waals surface area contributed by atoms with E-state index in [2.05, 4.69) is 19.5 Å². The van der Waals surface area contributed by atoms with Crippen LogP contribution in [0.3, 0.4) is 0 Å². The Morgan fingerprint density at radius 1 is 1.00 bits per heavy atom. The van der Waals surface area contributed by atoms with Gasteiger partial charge in [-0.05, 0) is 37.0 Å². The van der Waals surface area contributed by atoms with E-state index in [4.69, 9.17) is 4.98 Å². The predicted octanol–water partition coefficient (Wildman–Crippen LogP) is 3.29. The smallest absolute Gasteiger partial charge is 0.405 e. The molecule has 2 fully saturated rings. The molecule has 1 aromatic carbocycles. The van der Waals surface area contributed by atoms with Gasteiger partial charge < -0.3 is 14.5 Å². The molecule has 0 atom stereocenters. The van der Waals surface area contributed by atoms with E-state index in [1.54, 1.807) is 4.90 Å². The van der Waals surface area contributed by atoms with Crippen LogP contribution in [0, 0.1) is 0 Å². The average Bonchev–Trinajstić information content (AvgIpc) is 2.99. The SMILES string of the molecule is O=C(c1ccccc1OC(F)(F)F)N1CCc2cnc(N3CCN(C4CCC4)CC3)nc2CC1. The van der Waals surface area contributed by atoms with Gasteiger partial charge in [-0.2, -0.15) is 0 Å². The first-order chi connectivity index (χ1) is 16.4. The summed E-state index contributed by atoms with van der Waals surface area (Å²) < 4.78 is 42.4. The number of nitrogens with zero attached hydrogens (tertiary/aromatic N) is 5. The lowest BCUT2D eigenvalue weighted by Crippen LogP contribution is -2.52. The number of hydrogen-bond acceptors (Lipinski definition) is 6. The van der Waals surface area contributed by atoms with Gasteiger partial charge in [0.05, 0.1) is 11.3 Å². The van der Waals surface area contributed by atoms with Crippen LogP contribution in [0.4, 0.5) is 19.1 Å². The van der Waals surface area contributed by atoms with Crippen molar-refractivity contribution in [2.75, 3.05) is 44.2 Å². The molecule has 1 aliphatic carbocycles. The molecule has 1 saturated heterocycles. The zero-order chi connectivity index (χ0) is 23.7. The summed E-state index contributed by atoms with van der Waals surface area (Å²) in [7, 11) is 0. The maximum Gasteiger partial charge on any atom is 0.573 e. The number of benzene rings is 1. The van der Waals surface area contributed by atoms with E-state index in [0.29, 0.717) is 25.9 Å². The minimum atomic E-state index is -4.86. The molecule has 10 heteroatoms. The van der Waals surface area contributed by atoms with E-state index >= 15 is 0 Å². The molecule has 0 radical (unpaired) electrons. The van der Waals surface area contributed by atoms with Gasteiger partial charge >= 0.3 is 6.36 Å². The summed E-state index contributed by atoms with van der Waals surface area (Å²) in [6.07, 6.45) is 2.00. The number of aromatic nitrogens is 2. The number of amides is 1. The summed E-state index contributed by atoms with van der Waals surface area (Å²) in [4.78, 5) is 28.8. The normalized spacial score (nSPS) is 19.9. The van der Waals surface area contributed by atoms with Gasteiger partial charge in [0.1, 0.15) is 5.75 Å². The molecule has 3 aliphatic rings. The van der Waals surface area contributed by atoms with Gasteiger partial charge in [0, 0.05) is 57.9 Å². The minimum Gasteiger partial charge on any atom is -0.405 e. The molecule has 2 aliphatic heterocycles. The van der Waals surface area contributed by atoms with Gasteiger partial charge in [-0.25, -0.2) is 9.97 Å². The van der Waals surface area contributed by atoms with Crippen LogP contribution >= 0.6 is 0 Å². The summed E-state index contributed by atoms with van der Waals surface area (Å²) in [6.45, 7) is 4.60. The van der Waals surface area contributed by atoms with Crippen LogP contribution in [0.5, 0.6) is 5.75 Å². The third kappa shape index (κ3) is 4.96. The first-order valence-corrected chi connectivity index (χ1v) is 11.9. The van der Waals surface area contributed by atoms with E-state index < -0.39 is 18.0 Å². The molecule has 182 valence electrons. The average molecular weight is 476 g/mol. The van der Waals surface area contributed by atoms with Crippen LogP contribution in [0.1, 0.15) is 40.9 Å². The van der Waals surface area contributed by atoms with Crippen LogP contribution in [-0.4, -0.2) is 77.3 Å². The molecule has 0 N–H and O–H groups in total. The molecule has 0 unspecified atom stereocenters. The number of ether oxygens (including phenoxy) is 1. The number of carbonyl (C=O) groups is 1. The molecule has 0 spiro atoms. The van der Waals surface area contributed by atoms with Crippen molar-refractivity contribution in [3.8, 4) is 5.75 Å². The quantitative estimate of drug-likeness (QED) is 0.677. The molecule has 1 amide bonds. The van der Waals surface area contributed by atoms with Crippen molar-refractivity contribution >= 4 is 11.9 Å². The Bertz CT molecular complexity index is 1040. The Hall–Kier alpha value is -2.88. The summed E-state index contributed by atoms with van der Waals surface area (Å²) in [5.41, 5.74) is 1.79. The van der Waals surface area contributed by atoms with Gasteiger partial charge in [0.2, 0.25) is 5.95 Å². The Balaban J connectivity index is 1.25. The van der Waals surface area contributed by atoms with Crippen LogP contribution < -0.4 is 9.64 Å². The number of piperazine rings is 1. The van der Waals surface area contributed by atoms with Gasteiger partial charge in [-0.1, -0.05) is 18.6 Å². The van der Waals surface area contributed by atoms with E-state index in [-0.39, 0.29) is 5.56 Å². The molecule has 3 heterocycles. The highest BCUT2D eigenvalue weighted by Crippen LogP contribution is 2.29. The van der Waals surface area contributed by atoms with E-state index in [1.165, 1.54) is 37.5 Å². The standard InChI is InChI=1S/C24H28F3N5O2/c25-24(26,27)34-21-7-2-1-6-19(21)22(33)31-10-8-17-16-28-23(29-20(17)9-11-31)32-14-12-30(13-15-32)18-4-3-5-18/h1-2,6-7,16,18H,3-5,8-15H2. The fourth-order valence-corrected chi connectivity index (χ4v) is 4.89. The highest BCUT2D eigenvalue weighted by Gasteiger charge is 2.34. The van der Waals surface area contributed by atoms with Crippen molar-refractivity contribution in [2.45, 2.75) is 44.5 Å². The minimum absolute atomic E-state index is 0.0955. The number of anilines is 1. The van der Waals surface area contributed by atoms with E-state index in [0.717, 1.165) is 55.5 Å². The van der Waals surface area contributed by atoms with Gasteiger partial charge in [-0.15, -0.1) is 13.2 Å². The van der Waals surface area contributed by atoms with Crippen molar-refractivity contribution in [1.82, 2.24) is 19.8 Å². The second kappa shape index (κ2) is 9.40. The topological polar surface area (TPSA) is 61.8 Å². The third-order valence-corrected chi connectivity index (χ3v) is 7.03. The van der Waals surface area contributed by atoms with Crippen LogP contribution in [0.25, 0.3) is 0 Å². The monoisotopic (exact) mass is 475 g/mol. The summed E-state index contributed by atoms with van der Waals surface area (Å²) in [5.74, 6) is -0.242. The van der Waals surface area contributed by atoms with Crippen molar-refractivity contribution in [3.05, 3.63) is 47.3 Å². The molecule has 7 nitrogen and oxygen atoms in total. The first kappa shape index (κ1) is 22.9. The van der Waals surface area contributed by atoms with Gasteiger partial charge in [0.15, 0.2) is 0 Å². The zero-order valence-electron chi connectivity index (χ0n) is 18.9. The molecule has 5 rings (SSSR count). The molecule has 0 bridgehead atoms. The highest BCUT2D eigenvalue weighted by molar-refractivity contribution is 5.97. The molecule has 1 aromatic heterocycles. The van der Waals surface area contributed by atoms with E-state index in [9.17, 15) is 18.0 Å². The largest absolute Gasteiger partial charge is 0.573 e. The van der Waals surface area contributed by atoms with Crippen molar-refractivity contribution in [3.63, 3.8) is 0 Å². The Labute approximate surface area is 196 Å². The summed E-state index contributed by atoms with van der Waals surface area (Å²) in [6, 6.07) is 6.22.